The lowest BCUT2D eigenvalue weighted by Crippen LogP contribution is -2.43. The van der Waals surface area contributed by atoms with Crippen LogP contribution in [0.3, 0.4) is 0 Å². The van der Waals surface area contributed by atoms with Crippen LogP contribution in [-0.2, 0) is 6.54 Å². The van der Waals surface area contributed by atoms with Crippen LogP contribution in [0.1, 0.15) is 19.5 Å². The minimum absolute atomic E-state index is 0.309. The molecule has 94 valence electrons. The summed E-state index contributed by atoms with van der Waals surface area (Å²) in [5.41, 5.74) is 0.988. The highest BCUT2D eigenvalue weighted by Gasteiger charge is 2.27. The molecule has 2 rings (SSSR count). The molecular formula is C12H20N4S. The maximum atomic E-state index is 4.31. The molecule has 0 atom stereocenters. The van der Waals surface area contributed by atoms with Crippen LogP contribution in [-0.4, -0.2) is 40.8 Å². The zero-order chi connectivity index (χ0) is 12.3. The van der Waals surface area contributed by atoms with Crippen LogP contribution in [0.2, 0.25) is 0 Å². The summed E-state index contributed by atoms with van der Waals surface area (Å²) in [5.74, 6) is 2.16. The predicted octanol–water partition coefficient (Wildman–Crippen LogP) is 1.53. The van der Waals surface area contributed by atoms with Gasteiger partial charge in [-0.15, -0.1) is 5.10 Å². The van der Waals surface area contributed by atoms with Crippen molar-refractivity contribution >= 4 is 17.6 Å². The molecule has 1 aromatic rings. The topological polar surface area (TPSA) is 41.0 Å². The zero-order valence-electron chi connectivity index (χ0n) is 10.7. The first kappa shape index (κ1) is 12.6. The van der Waals surface area contributed by atoms with E-state index in [0.29, 0.717) is 4.75 Å². The third-order valence-electron chi connectivity index (χ3n) is 2.81. The Bertz CT molecular complexity index is 363. The van der Waals surface area contributed by atoms with Crippen molar-refractivity contribution in [1.29, 1.82) is 0 Å². The molecule has 1 aromatic heterocycles. The summed E-state index contributed by atoms with van der Waals surface area (Å²) in [5, 5.41) is 11.6. The van der Waals surface area contributed by atoms with Gasteiger partial charge in [0.2, 0.25) is 0 Å². The summed E-state index contributed by atoms with van der Waals surface area (Å²) in [6.45, 7) is 7.44. The average Bonchev–Trinajstić information content (AvgIpc) is 2.29. The molecule has 1 aliphatic rings. The number of anilines is 1. The van der Waals surface area contributed by atoms with Crippen molar-refractivity contribution < 1.29 is 0 Å². The van der Waals surface area contributed by atoms with Crippen molar-refractivity contribution in [2.45, 2.75) is 25.1 Å². The first-order valence-electron chi connectivity index (χ1n) is 5.97. The van der Waals surface area contributed by atoms with Crippen LogP contribution >= 0.6 is 11.8 Å². The minimum atomic E-state index is 0.309. The van der Waals surface area contributed by atoms with E-state index in [-0.39, 0.29) is 0 Å². The smallest absolute Gasteiger partial charge is 0.151 e. The summed E-state index contributed by atoms with van der Waals surface area (Å²) in [4.78, 5) is 2.33. The van der Waals surface area contributed by atoms with E-state index in [4.69, 9.17) is 0 Å². The number of nitrogens with one attached hydrogen (secondary N) is 1. The van der Waals surface area contributed by atoms with Crippen LogP contribution in [0, 0.1) is 0 Å². The number of hydrogen-bond donors (Lipinski definition) is 1. The maximum Gasteiger partial charge on any atom is 0.151 e. The lowest BCUT2D eigenvalue weighted by Gasteiger charge is -2.37. The van der Waals surface area contributed by atoms with Crippen molar-refractivity contribution in [2.75, 3.05) is 30.8 Å². The minimum Gasteiger partial charge on any atom is -0.353 e. The first-order chi connectivity index (χ1) is 8.11. The molecule has 1 saturated heterocycles. The van der Waals surface area contributed by atoms with E-state index in [9.17, 15) is 0 Å². The normalized spacial score (nSPS) is 19.4. The Kier molecular flexibility index (Phi) is 3.89. The molecule has 5 heteroatoms. The summed E-state index contributed by atoms with van der Waals surface area (Å²) in [7, 11) is 1.92. The SMILES string of the molecule is CNCc1ccc(N2CCSC(C)(C)C2)nn1. The molecular weight excluding hydrogens is 232 g/mol. The highest BCUT2D eigenvalue weighted by Crippen LogP contribution is 2.31. The Balaban J connectivity index is 2.06. The van der Waals surface area contributed by atoms with Gasteiger partial charge in [0.15, 0.2) is 5.82 Å². The third kappa shape index (κ3) is 3.33. The molecule has 0 bridgehead atoms. The summed E-state index contributed by atoms with van der Waals surface area (Å²) in [6.07, 6.45) is 0. The molecule has 0 radical (unpaired) electrons. The number of rotatable bonds is 3. The Hall–Kier alpha value is -0.810. The standard InChI is InChI=1S/C12H20N4S/c1-12(2)9-16(6-7-17-12)11-5-4-10(8-13-3)14-15-11/h4-5,13H,6-9H2,1-3H3. The van der Waals surface area contributed by atoms with Crippen LogP contribution in [0.25, 0.3) is 0 Å². The predicted molar refractivity (Wildman–Crippen MR) is 73.5 cm³/mol. The van der Waals surface area contributed by atoms with Gasteiger partial charge in [-0.2, -0.15) is 16.9 Å². The van der Waals surface area contributed by atoms with E-state index in [1.165, 1.54) is 0 Å². The van der Waals surface area contributed by atoms with Gasteiger partial charge in [0.25, 0.3) is 0 Å². The Morgan fingerprint density at radius 2 is 2.24 bits per heavy atom. The Morgan fingerprint density at radius 1 is 1.41 bits per heavy atom. The van der Waals surface area contributed by atoms with Crippen LogP contribution in [0.4, 0.5) is 5.82 Å². The molecule has 1 N–H and O–H groups in total. The highest BCUT2D eigenvalue weighted by atomic mass is 32.2. The largest absolute Gasteiger partial charge is 0.353 e. The third-order valence-corrected chi connectivity index (χ3v) is 4.11. The Morgan fingerprint density at radius 3 is 2.82 bits per heavy atom. The fourth-order valence-electron chi connectivity index (χ4n) is 2.01. The first-order valence-corrected chi connectivity index (χ1v) is 6.95. The van der Waals surface area contributed by atoms with Gasteiger partial charge in [-0.25, -0.2) is 0 Å². The second-order valence-electron chi connectivity index (χ2n) is 4.94. The lowest BCUT2D eigenvalue weighted by atomic mass is 10.2. The molecule has 17 heavy (non-hydrogen) atoms. The van der Waals surface area contributed by atoms with E-state index in [1.807, 2.05) is 24.9 Å². The monoisotopic (exact) mass is 252 g/mol. The van der Waals surface area contributed by atoms with Crippen molar-refractivity contribution in [3.8, 4) is 0 Å². The molecule has 4 nitrogen and oxygen atoms in total. The van der Waals surface area contributed by atoms with Gasteiger partial charge in [0.1, 0.15) is 0 Å². The lowest BCUT2D eigenvalue weighted by molar-refractivity contribution is 0.637. The van der Waals surface area contributed by atoms with E-state index in [1.54, 1.807) is 0 Å². The quantitative estimate of drug-likeness (QED) is 0.883. The second-order valence-corrected chi connectivity index (χ2v) is 6.75. The molecule has 0 amide bonds. The van der Waals surface area contributed by atoms with Gasteiger partial charge in [-0.05, 0) is 33.0 Å². The van der Waals surface area contributed by atoms with Gasteiger partial charge in [0, 0.05) is 30.1 Å². The molecule has 2 heterocycles. The van der Waals surface area contributed by atoms with Gasteiger partial charge < -0.3 is 10.2 Å². The molecule has 1 fully saturated rings. The van der Waals surface area contributed by atoms with E-state index < -0.39 is 0 Å². The molecule has 0 saturated carbocycles. The van der Waals surface area contributed by atoms with E-state index >= 15 is 0 Å². The molecule has 0 unspecified atom stereocenters. The summed E-state index contributed by atoms with van der Waals surface area (Å²) in [6, 6.07) is 4.12. The van der Waals surface area contributed by atoms with Crippen LogP contribution in [0.15, 0.2) is 12.1 Å². The molecule has 0 aliphatic carbocycles. The highest BCUT2D eigenvalue weighted by molar-refractivity contribution is 8.00. The van der Waals surface area contributed by atoms with Crippen LogP contribution < -0.4 is 10.2 Å². The zero-order valence-corrected chi connectivity index (χ0v) is 11.5. The van der Waals surface area contributed by atoms with Gasteiger partial charge >= 0.3 is 0 Å². The molecule has 0 spiro atoms. The van der Waals surface area contributed by atoms with Crippen LogP contribution in [0.5, 0.6) is 0 Å². The molecule has 0 aromatic carbocycles. The average molecular weight is 252 g/mol. The Labute approximate surface area is 107 Å². The van der Waals surface area contributed by atoms with E-state index in [0.717, 1.165) is 36.9 Å². The van der Waals surface area contributed by atoms with Gasteiger partial charge in [0.05, 0.1) is 5.69 Å². The van der Waals surface area contributed by atoms with Gasteiger partial charge in [-0.3, -0.25) is 0 Å². The van der Waals surface area contributed by atoms with E-state index in [2.05, 4.69) is 40.3 Å². The maximum absolute atomic E-state index is 4.31. The summed E-state index contributed by atoms with van der Waals surface area (Å²) < 4.78 is 0.309. The van der Waals surface area contributed by atoms with Gasteiger partial charge in [-0.1, -0.05) is 0 Å². The van der Waals surface area contributed by atoms with Crippen molar-refractivity contribution in [3.05, 3.63) is 17.8 Å². The number of hydrogen-bond acceptors (Lipinski definition) is 5. The molecule has 1 aliphatic heterocycles. The van der Waals surface area contributed by atoms with Crippen molar-refractivity contribution in [3.63, 3.8) is 0 Å². The van der Waals surface area contributed by atoms with Crippen molar-refractivity contribution in [1.82, 2.24) is 15.5 Å². The summed E-state index contributed by atoms with van der Waals surface area (Å²) >= 11 is 2.03. The fourth-order valence-corrected chi connectivity index (χ4v) is 3.12. The second kappa shape index (κ2) is 5.23. The number of thioether (sulfide) groups is 1. The number of aromatic nitrogens is 2. The fraction of sp³-hybridized carbons (Fsp3) is 0.667. The van der Waals surface area contributed by atoms with Crippen molar-refractivity contribution in [2.24, 2.45) is 0 Å². The number of nitrogens with zero attached hydrogens (tertiary/aromatic N) is 3.